The Morgan fingerprint density at radius 3 is 2.77 bits per heavy atom. The van der Waals surface area contributed by atoms with Gasteiger partial charge in [-0.15, -0.1) is 0 Å². The van der Waals surface area contributed by atoms with Gasteiger partial charge >= 0.3 is 6.03 Å². The van der Waals surface area contributed by atoms with Gasteiger partial charge in [0.25, 0.3) is 5.91 Å². The molecule has 3 N–H and O–H groups in total. The number of piperidine rings is 1. The van der Waals surface area contributed by atoms with E-state index in [1.54, 1.807) is 0 Å². The third-order valence-electron chi connectivity index (χ3n) is 2.96. The predicted molar refractivity (Wildman–Crippen MR) is 46.1 cm³/mol. The summed E-state index contributed by atoms with van der Waals surface area (Å²) in [6.45, 7) is 3.52. The molecule has 72 valence electrons. The van der Waals surface area contributed by atoms with E-state index in [1.165, 1.54) is 0 Å². The van der Waals surface area contributed by atoms with Crippen LogP contribution in [-0.2, 0) is 4.79 Å². The van der Waals surface area contributed by atoms with E-state index in [1.807, 2.05) is 6.92 Å². The molecule has 5 nitrogen and oxygen atoms in total. The van der Waals surface area contributed by atoms with E-state index >= 15 is 0 Å². The van der Waals surface area contributed by atoms with Crippen molar-refractivity contribution in [3.8, 4) is 0 Å². The molecule has 2 fully saturated rings. The Hall–Kier alpha value is -1.10. The lowest BCUT2D eigenvalue weighted by Crippen LogP contribution is -2.59. The molecule has 0 aromatic carbocycles. The average Bonchev–Trinajstić information content (AvgIpc) is 2.35. The van der Waals surface area contributed by atoms with E-state index in [4.69, 9.17) is 0 Å². The first-order valence-electron chi connectivity index (χ1n) is 4.49. The Morgan fingerprint density at radius 1 is 1.46 bits per heavy atom. The van der Waals surface area contributed by atoms with Gasteiger partial charge in [0.15, 0.2) is 0 Å². The molecule has 0 aromatic heterocycles. The van der Waals surface area contributed by atoms with E-state index in [0.29, 0.717) is 6.42 Å². The van der Waals surface area contributed by atoms with E-state index in [2.05, 4.69) is 16.0 Å². The van der Waals surface area contributed by atoms with Gasteiger partial charge < -0.3 is 10.6 Å². The highest BCUT2D eigenvalue weighted by Gasteiger charge is 2.50. The lowest BCUT2D eigenvalue weighted by Gasteiger charge is -2.36. The zero-order chi connectivity index (χ0) is 9.47. The first-order valence-corrected chi connectivity index (χ1v) is 4.49. The molecule has 1 spiro atoms. The van der Waals surface area contributed by atoms with Gasteiger partial charge in [0, 0.05) is 12.5 Å². The van der Waals surface area contributed by atoms with Gasteiger partial charge in [0.2, 0.25) is 0 Å². The molecule has 2 heterocycles. The summed E-state index contributed by atoms with van der Waals surface area (Å²) in [7, 11) is 0. The lowest BCUT2D eigenvalue weighted by molar-refractivity contribution is -0.126. The van der Waals surface area contributed by atoms with Crippen molar-refractivity contribution in [3.05, 3.63) is 0 Å². The highest BCUT2D eigenvalue weighted by molar-refractivity contribution is 6.07. The van der Waals surface area contributed by atoms with Crippen LogP contribution in [0.5, 0.6) is 0 Å². The summed E-state index contributed by atoms with van der Waals surface area (Å²) in [4.78, 5) is 22.6. The topological polar surface area (TPSA) is 70.2 Å². The van der Waals surface area contributed by atoms with Gasteiger partial charge in [-0.1, -0.05) is 6.92 Å². The Bertz CT molecular complexity index is 266. The first kappa shape index (κ1) is 8.50. The molecule has 0 bridgehead atoms. The number of carbonyl (C=O) groups excluding carboxylic acids is 2. The van der Waals surface area contributed by atoms with Crippen molar-refractivity contribution >= 4 is 11.9 Å². The van der Waals surface area contributed by atoms with E-state index in [0.717, 1.165) is 13.1 Å². The van der Waals surface area contributed by atoms with Crippen molar-refractivity contribution in [3.63, 3.8) is 0 Å². The summed E-state index contributed by atoms with van der Waals surface area (Å²) in [5, 5.41) is 8.21. The Balaban J connectivity index is 2.26. The maximum atomic E-state index is 11.5. The Morgan fingerprint density at radius 2 is 2.23 bits per heavy atom. The van der Waals surface area contributed by atoms with Crippen LogP contribution in [0.2, 0.25) is 0 Å². The van der Waals surface area contributed by atoms with Crippen LogP contribution in [0.3, 0.4) is 0 Å². The van der Waals surface area contributed by atoms with Crippen molar-refractivity contribution < 1.29 is 9.59 Å². The second-order valence-electron chi connectivity index (χ2n) is 3.73. The number of carbonyl (C=O) groups is 2. The molecule has 0 saturated carbocycles. The maximum absolute atomic E-state index is 11.5. The number of urea groups is 1. The normalized spacial score (nSPS) is 39.0. The molecule has 3 amide bonds. The van der Waals surface area contributed by atoms with Gasteiger partial charge in [-0.2, -0.15) is 0 Å². The first-order chi connectivity index (χ1) is 6.15. The molecule has 2 atom stereocenters. The molecule has 2 saturated heterocycles. The minimum absolute atomic E-state index is 0.146. The standard InChI is InChI=1S/C8H13N3O2/c1-5-4-9-3-2-8(5)6(12)10-7(13)11-8/h5,9H,2-4H2,1H3,(H2,10,11,12,13). The monoisotopic (exact) mass is 183 g/mol. The summed E-state index contributed by atoms with van der Waals surface area (Å²) in [5.41, 5.74) is -0.650. The van der Waals surface area contributed by atoms with E-state index < -0.39 is 5.54 Å². The number of imide groups is 1. The van der Waals surface area contributed by atoms with Gasteiger partial charge in [-0.3, -0.25) is 10.1 Å². The maximum Gasteiger partial charge on any atom is 0.322 e. The highest BCUT2D eigenvalue weighted by Crippen LogP contribution is 2.27. The van der Waals surface area contributed by atoms with Gasteiger partial charge in [-0.05, 0) is 13.0 Å². The summed E-state index contributed by atoms with van der Waals surface area (Å²) in [6, 6.07) is -0.362. The minimum Gasteiger partial charge on any atom is -0.323 e. The van der Waals surface area contributed by atoms with Crippen molar-refractivity contribution in [2.45, 2.75) is 18.9 Å². The highest BCUT2D eigenvalue weighted by atomic mass is 16.2. The molecule has 0 aromatic rings. The quantitative estimate of drug-likeness (QED) is 0.430. The molecule has 13 heavy (non-hydrogen) atoms. The SMILES string of the molecule is CC1CNCCC12NC(=O)NC2=O. The third-order valence-corrected chi connectivity index (χ3v) is 2.96. The molecular formula is C8H13N3O2. The number of hydrogen-bond donors (Lipinski definition) is 3. The van der Waals surface area contributed by atoms with Crippen LogP contribution in [0.4, 0.5) is 4.79 Å². The minimum atomic E-state index is -0.650. The largest absolute Gasteiger partial charge is 0.323 e. The molecule has 2 aliphatic rings. The van der Waals surface area contributed by atoms with Crippen molar-refractivity contribution in [1.29, 1.82) is 0 Å². The fraction of sp³-hybridized carbons (Fsp3) is 0.750. The Kier molecular flexibility index (Phi) is 1.76. The molecule has 2 aliphatic heterocycles. The average molecular weight is 183 g/mol. The zero-order valence-electron chi connectivity index (χ0n) is 7.52. The summed E-state index contributed by atoms with van der Waals surface area (Å²) >= 11 is 0. The predicted octanol–water partition coefficient (Wildman–Crippen LogP) is -0.806. The van der Waals surface area contributed by atoms with Gasteiger partial charge in [-0.25, -0.2) is 4.79 Å². The molecule has 0 aliphatic carbocycles. The lowest BCUT2D eigenvalue weighted by atomic mass is 9.80. The molecule has 2 unspecified atom stereocenters. The molecule has 0 radical (unpaired) electrons. The number of rotatable bonds is 0. The Labute approximate surface area is 76.3 Å². The van der Waals surface area contributed by atoms with Crippen molar-refractivity contribution in [1.82, 2.24) is 16.0 Å². The van der Waals surface area contributed by atoms with Gasteiger partial charge in [0.1, 0.15) is 5.54 Å². The number of amides is 3. The van der Waals surface area contributed by atoms with Crippen LogP contribution in [0.25, 0.3) is 0 Å². The smallest absolute Gasteiger partial charge is 0.322 e. The fourth-order valence-corrected chi connectivity index (χ4v) is 2.05. The summed E-state index contributed by atoms with van der Waals surface area (Å²) in [6.07, 6.45) is 0.672. The van der Waals surface area contributed by atoms with Crippen LogP contribution in [0.1, 0.15) is 13.3 Å². The van der Waals surface area contributed by atoms with Crippen LogP contribution in [0, 0.1) is 5.92 Å². The number of hydrogen-bond acceptors (Lipinski definition) is 3. The van der Waals surface area contributed by atoms with Crippen molar-refractivity contribution in [2.75, 3.05) is 13.1 Å². The van der Waals surface area contributed by atoms with Crippen LogP contribution in [-0.4, -0.2) is 30.6 Å². The second-order valence-corrected chi connectivity index (χ2v) is 3.73. The van der Waals surface area contributed by atoms with Crippen molar-refractivity contribution in [2.24, 2.45) is 5.92 Å². The third kappa shape index (κ3) is 1.11. The fourth-order valence-electron chi connectivity index (χ4n) is 2.05. The molecule has 2 rings (SSSR count). The van der Waals surface area contributed by atoms with E-state index in [-0.39, 0.29) is 17.9 Å². The van der Waals surface area contributed by atoms with Gasteiger partial charge in [0.05, 0.1) is 0 Å². The zero-order valence-corrected chi connectivity index (χ0v) is 7.52. The van der Waals surface area contributed by atoms with Crippen LogP contribution >= 0.6 is 0 Å². The molecule has 5 heteroatoms. The molecular weight excluding hydrogens is 170 g/mol. The number of nitrogens with one attached hydrogen (secondary N) is 3. The summed E-state index contributed by atoms with van der Waals surface area (Å²) < 4.78 is 0. The summed E-state index contributed by atoms with van der Waals surface area (Å²) in [5.74, 6) is -0.0285. The van der Waals surface area contributed by atoms with Crippen LogP contribution < -0.4 is 16.0 Å². The van der Waals surface area contributed by atoms with E-state index in [9.17, 15) is 9.59 Å². The van der Waals surface area contributed by atoms with Crippen LogP contribution in [0.15, 0.2) is 0 Å². The second kappa shape index (κ2) is 2.70.